The molecule has 1 aliphatic carbocycles. The van der Waals surface area contributed by atoms with Gasteiger partial charge in [-0.1, -0.05) is 65.8 Å². The fourth-order valence-electron chi connectivity index (χ4n) is 1.68. The molecule has 82 valence electrons. The molecule has 0 aliphatic heterocycles. The van der Waals surface area contributed by atoms with E-state index < -0.39 is 0 Å². The summed E-state index contributed by atoms with van der Waals surface area (Å²) in [6.45, 7) is 0.924. The summed E-state index contributed by atoms with van der Waals surface area (Å²) in [6, 6.07) is 10.5. The van der Waals surface area contributed by atoms with Crippen LogP contribution in [0.15, 0.2) is 30.3 Å². The Kier molecular flexibility index (Phi) is 4.44. The lowest BCUT2D eigenvalue weighted by Crippen LogP contribution is -2.07. The quantitative estimate of drug-likeness (QED) is 0.570. The van der Waals surface area contributed by atoms with E-state index in [2.05, 4.69) is 52.9 Å². The summed E-state index contributed by atoms with van der Waals surface area (Å²) in [7, 11) is 0. The van der Waals surface area contributed by atoms with Gasteiger partial charge in [0.1, 0.15) is 0 Å². The van der Waals surface area contributed by atoms with Crippen LogP contribution in [-0.2, 0) is 4.74 Å². The zero-order valence-corrected chi connectivity index (χ0v) is 11.0. The van der Waals surface area contributed by atoms with Crippen molar-refractivity contribution in [3.05, 3.63) is 35.9 Å². The molecule has 1 fully saturated rings. The van der Waals surface area contributed by atoms with Crippen LogP contribution in [0.3, 0.4) is 0 Å². The number of ether oxygens (including phenoxy) is 1. The Morgan fingerprint density at radius 3 is 2.60 bits per heavy atom. The van der Waals surface area contributed by atoms with Crippen molar-refractivity contribution in [2.45, 2.75) is 25.4 Å². The Morgan fingerprint density at radius 1 is 1.27 bits per heavy atom. The van der Waals surface area contributed by atoms with Gasteiger partial charge in [0.2, 0.25) is 0 Å². The maximum Gasteiger partial charge on any atom is 0.0914 e. The summed E-state index contributed by atoms with van der Waals surface area (Å²) in [5.41, 5.74) is 1.31. The average molecular weight is 316 g/mol. The Hall–Kier alpha value is -0.0900. The molecule has 0 N–H and O–H groups in total. The minimum Gasteiger partial charge on any atom is -0.373 e. The first-order valence-corrected chi connectivity index (χ1v) is 7.15. The fraction of sp³-hybridized carbons (Fsp3) is 0.538. The monoisotopic (exact) mass is 316 g/mol. The third kappa shape index (κ3) is 3.76. The van der Waals surface area contributed by atoms with Gasteiger partial charge in [0.05, 0.1) is 6.10 Å². The molecular weight excluding hydrogens is 299 g/mol. The van der Waals surface area contributed by atoms with E-state index in [4.69, 9.17) is 4.74 Å². The zero-order chi connectivity index (χ0) is 10.5. The number of halogens is 1. The minimum absolute atomic E-state index is 0.283. The first-order chi connectivity index (χ1) is 7.40. The van der Waals surface area contributed by atoms with Crippen molar-refractivity contribution >= 4 is 22.6 Å². The highest BCUT2D eigenvalue weighted by Crippen LogP contribution is 2.33. The average Bonchev–Trinajstić information content (AvgIpc) is 3.10. The molecule has 0 saturated heterocycles. The van der Waals surface area contributed by atoms with Gasteiger partial charge in [0.25, 0.3) is 0 Å². The molecule has 1 aromatic carbocycles. The number of hydrogen-bond acceptors (Lipinski definition) is 1. The van der Waals surface area contributed by atoms with Crippen LogP contribution in [0.2, 0.25) is 0 Å². The van der Waals surface area contributed by atoms with Crippen molar-refractivity contribution in [2.75, 3.05) is 11.0 Å². The molecule has 1 aliphatic rings. The van der Waals surface area contributed by atoms with E-state index in [1.165, 1.54) is 24.8 Å². The normalized spacial score (nSPS) is 17.7. The van der Waals surface area contributed by atoms with Crippen LogP contribution in [0.1, 0.15) is 30.9 Å². The highest BCUT2D eigenvalue weighted by Gasteiger charge is 2.21. The van der Waals surface area contributed by atoms with Gasteiger partial charge in [0, 0.05) is 11.0 Å². The standard InChI is InChI=1S/C13H17IO/c14-10-13(12-4-2-1-3-5-12)15-9-8-11-6-7-11/h1-5,11,13H,6-10H2. The van der Waals surface area contributed by atoms with Gasteiger partial charge in [-0.2, -0.15) is 0 Å². The second kappa shape index (κ2) is 5.85. The topological polar surface area (TPSA) is 9.23 Å². The molecule has 1 nitrogen and oxygen atoms in total. The van der Waals surface area contributed by atoms with Gasteiger partial charge in [-0.15, -0.1) is 0 Å². The van der Waals surface area contributed by atoms with Gasteiger partial charge in [0.15, 0.2) is 0 Å². The SMILES string of the molecule is ICC(OCCC1CC1)c1ccccc1. The van der Waals surface area contributed by atoms with E-state index in [-0.39, 0.29) is 6.10 Å². The van der Waals surface area contributed by atoms with Gasteiger partial charge in [-0.25, -0.2) is 0 Å². The molecule has 2 heteroatoms. The molecule has 15 heavy (non-hydrogen) atoms. The number of rotatable bonds is 6. The van der Waals surface area contributed by atoms with Crippen molar-refractivity contribution < 1.29 is 4.74 Å². The van der Waals surface area contributed by atoms with E-state index in [0.29, 0.717) is 0 Å². The van der Waals surface area contributed by atoms with Crippen molar-refractivity contribution in [3.8, 4) is 0 Å². The van der Waals surface area contributed by atoms with Crippen LogP contribution in [0.25, 0.3) is 0 Å². The molecule has 1 unspecified atom stereocenters. The van der Waals surface area contributed by atoms with Crippen LogP contribution in [-0.4, -0.2) is 11.0 Å². The van der Waals surface area contributed by atoms with Gasteiger partial charge < -0.3 is 4.74 Å². The van der Waals surface area contributed by atoms with E-state index >= 15 is 0 Å². The summed E-state index contributed by atoms with van der Waals surface area (Å²) < 4.78 is 6.95. The summed E-state index contributed by atoms with van der Waals surface area (Å²) in [6.07, 6.45) is 4.37. The Labute approximate surface area is 105 Å². The van der Waals surface area contributed by atoms with Gasteiger partial charge >= 0.3 is 0 Å². The zero-order valence-electron chi connectivity index (χ0n) is 8.86. The van der Waals surface area contributed by atoms with Crippen LogP contribution < -0.4 is 0 Å². The maximum absolute atomic E-state index is 5.92. The molecule has 0 heterocycles. The first-order valence-electron chi connectivity index (χ1n) is 5.62. The Bertz CT molecular complexity index is 282. The molecule has 0 spiro atoms. The van der Waals surface area contributed by atoms with Crippen LogP contribution >= 0.6 is 22.6 Å². The van der Waals surface area contributed by atoms with Crippen molar-refractivity contribution in [1.29, 1.82) is 0 Å². The van der Waals surface area contributed by atoms with E-state index in [1.54, 1.807) is 0 Å². The Morgan fingerprint density at radius 2 is 2.00 bits per heavy atom. The van der Waals surface area contributed by atoms with E-state index in [9.17, 15) is 0 Å². The van der Waals surface area contributed by atoms with E-state index in [1.807, 2.05) is 0 Å². The second-order valence-corrected chi connectivity index (χ2v) is 5.04. The summed E-state index contributed by atoms with van der Waals surface area (Å²) in [5.74, 6) is 0.968. The third-order valence-electron chi connectivity index (χ3n) is 2.85. The van der Waals surface area contributed by atoms with Crippen LogP contribution in [0, 0.1) is 5.92 Å². The highest BCUT2D eigenvalue weighted by atomic mass is 127. The molecule has 1 saturated carbocycles. The fourth-order valence-corrected chi connectivity index (χ4v) is 2.44. The second-order valence-electron chi connectivity index (χ2n) is 4.16. The first kappa shape index (κ1) is 11.4. The maximum atomic E-state index is 5.92. The van der Waals surface area contributed by atoms with E-state index in [0.717, 1.165) is 17.0 Å². The molecular formula is C13H17IO. The smallest absolute Gasteiger partial charge is 0.0914 e. The molecule has 2 rings (SSSR count). The van der Waals surface area contributed by atoms with Crippen molar-refractivity contribution in [3.63, 3.8) is 0 Å². The Balaban J connectivity index is 1.80. The van der Waals surface area contributed by atoms with Gasteiger partial charge in [-0.05, 0) is 17.9 Å². The summed E-state index contributed by atoms with van der Waals surface area (Å²) in [5, 5.41) is 0. The predicted molar refractivity (Wildman–Crippen MR) is 71.4 cm³/mol. The van der Waals surface area contributed by atoms with Gasteiger partial charge in [-0.3, -0.25) is 0 Å². The third-order valence-corrected chi connectivity index (χ3v) is 3.65. The number of benzene rings is 1. The highest BCUT2D eigenvalue weighted by molar-refractivity contribution is 14.1. The molecule has 0 amide bonds. The molecule has 0 bridgehead atoms. The summed E-state index contributed by atoms with van der Waals surface area (Å²) >= 11 is 2.40. The lowest BCUT2D eigenvalue weighted by atomic mass is 10.1. The largest absolute Gasteiger partial charge is 0.373 e. The lowest BCUT2D eigenvalue weighted by Gasteiger charge is -2.15. The molecule has 1 aromatic rings. The molecule has 1 atom stereocenters. The minimum atomic E-state index is 0.283. The van der Waals surface area contributed by atoms with Crippen molar-refractivity contribution in [1.82, 2.24) is 0 Å². The predicted octanol–water partition coefficient (Wildman–Crippen LogP) is 3.98. The number of hydrogen-bond donors (Lipinski definition) is 0. The van der Waals surface area contributed by atoms with Crippen molar-refractivity contribution in [2.24, 2.45) is 5.92 Å². The van der Waals surface area contributed by atoms with Crippen LogP contribution in [0.4, 0.5) is 0 Å². The number of alkyl halides is 1. The summed E-state index contributed by atoms with van der Waals surface area (Å²) in [4.78, 5) is 0. The lowest BCUT2D eigenvalue weighted by molar-refractivity contribution is 0.0665. The molecule has 0 aromatic heterocycles. The van der Waals surface area contributed by atoms with Crippen LogP contribution in [0.5, 0.6) is 0 Å². The molecule has 0 radical (unpaired) electrons.